The summed E-state index contributed by atoms with van der Waals surface area (Å²) in [6.45, 7) is 8.40. The van der Waals surface area contributed by atoms with Gasteiger partial charge in [0.15, 0.2) is 5.82 Å². The van der Waals surface area contributed by atoms with Crippen LogP contribution in [0, 0.1) is 6.92 Å². The maximum Gasteiger partial charge on any atom is 0.243 e. The summed E-state index contributed by atoms with van der Waals surface area (Å²) >= 11 is 0. The molecule has 21 heavy (non-hydrogen) atoms. The van der Waals surface area contributed by atoms with Crippen LogP contribution in [0.25, 0.3) is 0 Å². The van der Waals surface area contributed by atoms with Gasteiger partial charge in [0, 0.05) is 12.6 Å². The lowest BCUT2D eigenvalue weighted by molar-refractivity contribution is -0.150. The molecule has 1 aromatic heterocycles. The monoisotopic (exact) mass is 292 g/mol. The summed E-state index contributed by atoms with van der Waals surface area (Å²) in [5.41, 5.74) is -0.342. The van der Waals surface area contributed by atoms with Crippen LogP contribution in [0.2, 0.25) is 0 Å². The van der Waals surface area contributed by atoms with Gasteiger partial charge in [-0.15, -0.1) is 0 Å². The zero-order valence-electron chi connectivity index (χ0n) is 13.1. The molecule has 6 heteroatoms. The van der Waals surface area contributed by atoms with Gasteiger partial charge in [-0.25, -0.2) is 0 Å². The first kappa shape index (κ1) is 14.5. The van der Waals surface area contributed by atoms with Crippen molar-refractivity contribution in [3.63, 3.8) is 0 Å². The molecule has 116 valence electrons. The minimum Gasteiger partial charge on any atom is -0.339 e. The number of hydrogen-bond acceptors (Lipinski definition) is 5. The first-order chi connectivity index (χ1) is 10.0. The van der Waals surface area contributed by atoms with Crippen molar-refractivity contribution in [3.8, 4) is 0 Å². The number of rotatable bonds is 3. The van der Waals surface area contributed by atoms with Crippen molar-refractivity contribution in [2.45, 2.75) is 64.6 Å². The van der Waals surface area contributed by atoms with E-state index in [4.69, 9.17) is 4.52 Å². The van der Waals surface area contributed by atoms with Gasteiger partial charge in [0.05, 0.1) is 6.54 Å². The van der Waals surface area contributed by atoms with E-state index < -0.39 is 0 Å². The topological polar surface area (TPSA) is 62.5 Å². The van der Waals surface area contributed by atoms with E-state index in [9.17, 15) is 4.79 Å². The summed E-state index contributed by atoms with van der Waals surface area (Å²) in [7, 11) is 0. The van der Waals surface area contributed by atoms with Gasteiger partial charge in [-0.3, -0.25) is 9.69 Å². The molecular formula is C15H24N4O2. The molecule has 1 unspecified atom stereocenters. The first-order valence-corrected chi connectivity index (χ1v) is 7.88. The molecule has 3 heterocycles. The molecule has 0 saturated carbocycles. The summed E-state index contributed by atoms with van der Waals surface area (Å²) < 4.78 is 5.24. The minimum absolute atomic E-state index is 0.266. The van der Waals surface area contributed by atoms with Crippen LogP contribution in [0.3, 0.4) is 0 Å². The first-order valence-electron chi connectivity index (χ1n) is 7.88. The number of likely N-dealkylation sites (tertiary alicyclic amines) is 2. The van der Waals surface area contributed by atoms with Crippen LogP contribution >= 0.6 is 0 Å². The van der Waals surface area contributed by atoms with Gasteiger partial charge in [0.2, 0.25) is 11.8 Å². The molecule has 6 nitrogen and oxygen atoms in total. The van der Waals surface area contributed by atoms with E-state index in [-0.39, 0.29) is 17.5 Å². The fourth-order valence-corrected chi connectivity index (χ4v) is 3.77. The molecule has 1 atom stereocenters. The second kappa shape index (κ2) is 5.40. The Kier molecular flexibility index (Phi) is 3.73. The summed E-state index contributed by atoms with van der Waals surface area (Å²) in [5, 5.41) is 3.85. The molecule has 2 saturated heterocycles. The number of amides is 1. The van der Waals surface area contributed by atoms with Crippen molar-refractivity contribution in [1.82, 2.24) is 19.9 Å². The maximum absolute atomic E-state index is 13.0. The summed E-state index contributed by atoms with van der Waals surface area (Å²) in [6, 6.07) is 0.266. The van der Waals surface area contributed by atoms with E-state index in [2.05, 4.69) is 28.9 Å². The molecular weight excluding hydrogens is 268 g/mol. The van der Waals surface area contributed by atoms with Crippen molar-refractivity contribution < 1.29 is 9.32 Å². The smallest absolute Gasteiger partial charge is 0.243 e. The van der Waals surface area contributed by atoms with Gasteiger partial charge in [0.25, 0.3) is 0 Å². The summed E-state index contributed by atoms with van der Waals surface area (Å²) in [5.74, 6) is 1.55. The predicted octanol–water partition coefficient (Wildman–Crippen LogP) is 1.74. The normalized spacial score (nSPS) is 27.2. The third kappa shape index (κ3) is 2.46. The number of hydrogen-bond donors (Lipinski definition) is 0. The van der Waals surface area contributed by atoms with Gasteiger partial charge >= 0.3 is 0 Å². The molecule has 2 aliphatic rings. The average Bonchev–Trinajstić information content (AvgIpc) is 3.01. The Morgan fingerprint density at radius 1 is 1.29 bits per heavy atom. The van der Waals surface area contributed by atoms with Gasteiger partial charge in [-0.05, 0) is 53.0 Å². The maximum atomic E-state index is 13.0. The Morgan fingerprint density at radius 3 is 2.62 bits per heavy atom. The second-order valence-electron chi connectivity index (χ2n) is 6.49. The number of aryl methyl sites for hydroxylation is 1. The fraction of sp³-hybridized carbons (Fsp3) is 0.800. The Hall–Kier alpha value is -1.43. The van der Waals surface area contributed by atoms with Gasteiger partial charge in [-0.1, -0.05) is 5.16 Å². The second-order valence-corrected chi connectivity index (χ2v) is 6.49. The Bertz CT molecular complexity index is 527. The highest BCUT2D eigenvalue weighted by molar-refractivity contribution is 5.87. The Morgan fingerprint density at radius 2 is 2.00 bits per heavy atom. The molecule has 1 aromatic rings. The van der Waals surface area contributed by atoms with E-state index in [1.54, 1.807) is 0 Å². The highest BCUT2D eigenvalue weighted by Gasteiger charge is 2.51. The van der Waals surface area contributed by atoms with E-state index in [1.807, 2.05) is 11.8 Å². The van der Waals surface area contributed by atoms with Crippen LogP contribution in [-0.4, -0.2) is 50.5 Å². The van der Waals surface area contributed by atoms with E-state index in [1.165, 1.54) is 0 Å². The van der Waals surface area contributed by atoms with E-state index in [0.717, 1.165) is 38.8 Å². The standard InChI is InChI=1S/C15H24N4O2/c1-11(2)19-9-5-7-15(14(19)20)6-4-8-18(15)10-13-16-12(3)17-21-13/h11H,4-10H2,1-3H3. The SMILES string of the molecule is Cc1noc(CN2CCCC23CCCN(C(C)C)C3=O)n1. The third-order valence-corrected chi connectivity index (χ3v) is 4.79. The average molecular weight is 292 g/mol. The molecule has 0 bridgehead atoms. The lowest BCUT2D eigenvalue weighted by atomic mass is 9.84. The lowest BCUT2D eigenvalue weighted by Crippen LogP contribution is -2.61. The summed E-state index contributed by atoms with van der Waals surface area (Å²) in [4.78, 5) is 21.6. The van der Waals surface area contributed by atoms with Crippen molar-refractivity contribution in [2.24, 2.45) is 0 Å². The molecule has 3 rings (SSSR count). The van der Waals surface area contributed by atoms with E-state index in [0.29, 0.717) is 18.3 Å². The predicted molar refractivity (Wildman–Crippen MR) is 77.5 cm³/mol. The van der Waals surface area contributed by atoms with Crippen LogP contribution in [0.5, 0.6) is 0 Å². The van der Waals surface area contributed by atoms with Crippen molar-refractivity contribution >= 4 is 5.91 Å². The number of carbonyl (C=O) groups excluding carboxylic acids is 1. The van der Waals surface area contributed by atoms with Crippen LogP contribution in [0.1, 0.15) is 51.2 Å². The summed E-state index contributed by atoms with van der Waals surface area (Å²) in [6.07, 6.45) is 4.03. The molecule has 0 aromatic carbocycles. The van der Waals surface area contributed by atoms with Crippen molar-refractivity contribution in [3.05, 3.63) is 11.7 Å². The van der Waals surface area contributed by atoms with Crippen LogP contribution in [0.4, 0.5) is 0 Å². The van der Waals surface area contributed by atoms with Gasteiger partial charge in [-0.2, -0.15) is 4.98 Å². The zero-order valence-corrected chi connectivity index (χ0v) is 13.1. The van der Waals surface area contributed by atoms with Crippen LogP contribution in [-0.2, 0) is 11.3 Å². The molecule has 0 N–H and O–H groups in total. The lowest BCUT2D eigenvalue weighted by Gasteiger charge is -2.45. The van der Waals surface area contributed by atoms with Gasteiger partial charge < -0.3 is 9.42 Å². The molecule has 0 aliphatic carbocycles. The number of aromatic nitrogens is 2. The van der Waals surface area contributed by atoms with Gasteiger partial charge in [0.1, 0.15) is 5.54 Å². The molecule has 1 amide bonds. The highest BCUT2D eigenvalue weighted by atomic mass is 16.5. The van der Waals surface area contributed by atoms with Crippen molar-refractivity contribution in [1.29, 1.82) is 0 Å². The van der Waals surface area contributed by atoms with Crippen LogP contribution in [0.15, 0.2) is 4.52 Å². The molecule has 1 spiro atoms. The minimum atomic E-state index is -0.342. The Balaban J connectivity index is 1.82. The molecule has 2 aliphatic heterocycles. The zero-order chi connectivity index (χ0) is 15.0. The van der Waals surface area contributed by atoms with Crippen molar-refractivity contribution in [2.75, 3.05) is 13.1 Å². The molecule has 0 radical (unpaired) electrons. The Labute approximate surface area is 125 Å². The number of carbonyl (C=O) groups is 1. The third-order valence-electron chi connectivity index (χ3n) is 4.79. The van der Waals surface area contributed by atoms with Crippen LogP contribution < -0.4 is 0 Å². The quantitative estimate of drug-likeness (QED) is 0.849. The molecule has 2 fully saturated rings. The number of piperidine rings is 1. The van der Waals surface area contributed by atoms with E-state index >= 15 is 0 Å². The number of nitrogens with zero attached hydrogens (tertiary/aromatic N) is 4. The largest absolute Gasteiger partial charge is 0.339 e. The highest BCUT2D eigenvalue weighted by Crippen LogP contribution is 2.39. The fourth-order valence-electron chi connectivity index (χ4n) is 3.77.